The van der Waals surface area contributed by atoms with E-state index in [-0.39, 0.29) is 23.5 Å². The third kappa shape index (κ3) is 5.45. The number of halogens is 3. The van der Waals surface area contributed by atoms with Gasteiger partial charge in [0.2, 0.25) is 11.7 Å². The fraction of sp³-hybridized carbons (Fsp3) is 0.421. The summed E-state index contributed by atoms with van der Waals surface area (Å²) in [5, 5.41) is 9.76. The number of amides is 1. The van der Waals surface area contributed by atoms with Crippen LogP contribution in [0.5, 0.6) is 0 Å². The van der Waals surface area contributed by atoms with Gasteiger partial charge in [-0.05, 0) is 32.9 Å². The molecule has 0 aliphatic heterocycles. The number of hydrogen-bond acceptors (Lipinski definition) is 7. The van der Waals surface area contributed by atoms with Crippen molar-refractivity contribution >= 4 is 5.91 Å². The van der Waals surface area contributed by atoms with Gasteiger partial charge in [0.25, 0.3) is 5.91 Å². The van der Waals surface area contributed by atoms with Crippen molar-refractivity contribution < 1.29 is 27.2 Å². The number of nitrogens with zero attached hydrogens (tertiary/aromatic N) is 5. The van der Waals surface area contributed by atoms with Gasteiger partial charge in [0, 0.05) is 24.9 Å². The molecule has 1 atom stereocenters. The Bertz CT molecular complexity index is 1060. The van der Waals surface area contributed by atoms with E-state index in [1.165, 1.54) is 7.05 Å². The number of aryl methyl sites for hydroxylation is 1. The second-order valence-electron chi connectivity index (χ2n) is 7.08. The SMILES string of the molecule is CC(C)OCc1cc(-c2noc([C@H](C)NC(=O)c3cc(C(F)(F)F)nn3C)n2)ccn1. The Morgan fingerprint density at radius 3 is 2.68 bits per heavy atom. The number of alkyl halides is 3. The Kier molecular flexibility index (Phi) is 6.39. The van der Waals surface area contributed by atoms with Gasteiger partial charge in [-0.25, -0.2) is 0 Å². The topological polar surface area (TPSA) is 108 Å². The molecule has 0 unspecified atom stereocenters. The maximum Gasteiger partial charge on any atom is 0.435 e. The molecule has 0 spiro atoms. The molecular weight excluding hydrogens is 417 g/mol. The van der Waals surface area contributed by atoms with Crippen LogP contribution in [-0.4, -0.2) is 36.9 Å². The molecule has 0 bridgehead atoms. The number of hydrogen-bond donors (Lipinski definition) is 1. The third-order valence-electron chi connectivity index (χ3n) is 4.20. The largest absolute Gasteiger partial charge is 0.435 e. The lowest BCUT2D eigenvalue weighted by Gasteiger charge is -2.09. The molecule has 0 radical (unpaired) electrons. The minimum Gasteiger partial charge on any atom is -0.373 e. The van der Waals surface area contributed by atoms with Gasteiger partial charge in [-0.1, -0.05) is 5.16 Å². The number of ether oxygens (including phenoxy) is 1. The predicted molar refractivity (Wildman–Crippen MR) is 102 cm³/mol. The Morgan fingerprint density at radius 2 is 2.03 bits per heavy atom. The van der Waals surface area contributed by atoms with E-state index in [1.54, 1.807) is 25.3 Å². The van der Waals surface area contributed by atoms with Gasteiger partial charge in [0.05, 0.1) is 18.4 Å². The molecule has 31 heavy (non-hydrogen) atoms. The Morgan fingerprint density at radius 1 is 1.29 bits per heavy atom. The van der Waals surface area contributed by atoms with Crippen molar-refractivity contribution in [1.29, 1.82) is 0 Å². The molecule has 0 aliphatic rings. The highest BCUT2D eigenvalue weighted by atomic mass is 19.4. The van der Waals surface area contributed by atoms with Crippen molar-refractivity contribution in [3.63, 3.8) is 0 Å². The fourth-order valence-corrected chi connectivity index (χ4v) is 2.63. The second kappa shape index (κ2) is 8.84. The van der Waals surface area contributed by atoms with Gasteiger partial charge in [0.15, 0.2) is 5.69 Å². The van der Waals surface area contributed by atoms with Crippen molar-refractivity contribution in [3.05, 3.63) is 47.4 Å². The highest BCUT2D eigenvalue weighted by Gasteiger charge is 2.35. The lowest BCUT2D eigenvalue weighted by molar-refractivity contribution is -0.141. The third-order valence-corrected chi connectivity index (χ3v) is 4.20. The van der Waals surface area contributed by atoms with Crippen LogP contribution in [0.3, 0.4) is 0 Å². The van der Waals surface area contributed by atoms with Gasteiger partial charge in [0.1, 0.15) is 11.7 Å². The molecule has 3 aromatic heterocycles. The van der Waals surface area contributed by atoms with Crippen LogP contribution >= 0.6 is 0 Å². The monoisotopic (exact) mass is 438 g/mol. The zero-order valence-corrected chi connectivity index (χ0v) is 17.3. The van der Waals surface area contributed by atoms with E-state index >= 15 is 0 Å². The smallest absolute Gasteiger partial charge is 0.373 e. The minimum atomic E-state index is -4.65. The number of rotatable bonds is 7. The molecule has 166 valence electrons. The summed E-state index contributed by atoms with van der Waals surface area (Å²) in [6.45, 7) is 5.73. The van der Waals surface area contributed by atoms with Gasteiger partial charge in [-0.2, -0.15) is 23.3 Å². The summed E-state index contributed by atoms with van der Waals surface area (Å²) in [7, 11) is 1.25. The van der Waals surface area contributed by atoms with Crippen molar-refractivity contribution in [2.45, 2.75) is 45.7 Å². The molecule has 9 nitrogen and oxygen atoms in total. The molecule has 0 saturated carbocycles. The van der Waals surface area contributed by atoms with E-state index in [0.717, 1.165) is 4.68 Å². The standard InChI is InChI=1S/C19H21F3N6O3/c1-10(2)30-9-13-7-12(5-6-23-13)16-25-18(31-27-16)11(3)24-17(29)14-8-15(19(20,21)22)26-28(14)4/h5-8,10-11H,9H2,1-4H3,(H,24,29)/t11-/m0/s1. The predicted octanol–water partition coefficient (Wildman–Crippen LogP) is 3.30. The minimum absolute atomic E-state index is 0.0540. The van der Waals surface area contributed by atoms with Crippen LogP contribution < -0.4 is 5.32 Å². The first kappa shape index (κ1) is 22.4. The summed E-state index contributed by atoms with van der Waals surface area (Å²) >= 11 is 0. The van der Waals surface area contributed by atoms with Crippen LogP contribution in [0.1, 0.15) is 54.6 Å². The Hall–Kier alpha value is -3.28. The molecule has 3 heterocycles. The molecular formula is C19H21F3N6O3. The second-order valence-corrected chi connectivity index (χ2v) is 7.08. The van der Waals surface area contributed by atoms with E-state index < -0.39 is 23.8 Å². The molecule has 0 aliphatic carbocycles. The maximum absolute atomic E-state index is 12.8. The summed E-state index contributed by atoms with van der Waals surface area (Å²) in [6, 6.07) is 3.39. The Labute approximate surface area is 175 Å². The van der Waals surface area contributed by atoms with Crippen LogP contribution in [0.25, 0.3) is 11.4 Å². The quantitative estimate of drug-likeness (QED) is 0.603. The molecule has 1 N–H and O–H groups in total. The molecule has 1 amide bonds. The van der Waals surface area contributed by atoms with Gasteiger partial charge in [-0.15, -0.1) is 0 Å². The summed E-state index contributed by atoms with van der Waals surface area (Å²) in [5.74, 6) is -0.377. The first-order chi connectivity index (χ1) is 14.5. The summed E-state index contributed by atoms with van der Waals surface area (Å²) in [5.41, 5.74) is -0.0615. The first-order valence-electron chi connectivity index (χ1n) is 9.37. The summed E-state index contributed by atoms with van der Waals surface area (Å²) < 4.78 is 50.0. The van der Waals surface area contributed by atoms with Gasteiger partial charge in [-0.3, -0.25) is 14.5 Å². The first-order valence-corrected chi connectivity index (χ1v) is 9.37. The molecule has 12 heteroatoms. The molecule has 0 fully saturated rings. The van der Waals surface area contributed by atoms with Crippen LogP contribution in [-0.2, 0) is 24.6 Å². The van der Waals surface area contributed by atoms with Crippen LogP contribution in [0, 0.1) is 0 Å². The average molecular weight is 438 g/mol. The Balaban J connectivity index is 1.71. The summed E-state index contributed by atoms with van der Waals surface area (Å²) in [4.78, 5) is 20.9. The number of aromatic nitrogens is 5. The van der Waals surface area contributed by atoms with Crippen molar-refractivity contribution in [3.8, 4) is 11.4 Å². The number of nitrogens with one attached hydrogen (secondary N) is 1. The zero-order chi connectivity index (χ0) is 22.8. The lowest BCUT2D eigenvalue weighted by atomic mass is 10.2. The normalized spacial score (nSPS) is 12.9. The van der Waals surface area contributed by atoms with Crippen molar-refractivity contribution in [1.82, 2.24) is 30.2 Å². The van der Waals surface area contributed by atoms with E-state index in [4.69, 9.17) is 9.26 Å². The fourth-order valence-electron chi connectivity index (χ4n) is 2.63. The molecule has 3 rings (SSSR count). The van der Waals surface area contributed by atoms with E-state index in [2.05, 4.69) is 25.5 Å². The molecule has 0 aromatic carbocycles. The molecule has 3 aromatic rings. The lowest BCUT2D eigenvalue weighted by Crippen LogP contribution is -2.28. The van der Waals surface area contributed by atoms with Gasteiger partial charge >= 0.3 is 6.18 Å². The van der Waals surface area contributed by atoms with Crippen molar-refractivity contribution in [2.24, 2.45) is 7.05 Å². The van der Waals surface area contributed by atoms with E-state index in [1.807, 2.05) is 13.8 Å². The number of carbonyl (C=O) groups is 1. The molecule has 0 saturated heterocycles. The van der Waals surface area contributed by atoms with Crippen LogP contribution in [0.4, 0.5) is 13.2 Å². The number of pyridine rings is 1. The maximum atomic E-state index is 12.8. The van der Waals surface area contributed by atoms with Gasteiger partial charge < -0.3 is 14.6 Å². The highest BCUT2D eigenvalue weighted by Crippen LogP contribution is 2.28. The van der Waals surface area contributed by atoms with Crippen LogP contribution in [0.15, 0.2) is 28.9 Å². The van der Waals surface area contributed by atoms with E-state index in [0.29, 0.717) is 23.9 Å². The number of carbonyl (C=O) groups excluding carboxylic acids is 1. The summed E-state index contributed by atoms with van der Waals surface area (Å²) in [6.07, 6.45) is -3.00. The zero-order valence-electron chi connectivity index (χ0n) is 17.3. The highest BCUT2D eigenvalue weighted by molar-refractivity contribution is 5.92. The average Bonchev–Trinajstić information content (AvgIpc) is 3.33. The van der Waals surface area contributed by atoms with E-state index in [9.17, 15) is 18.0 Å². The van der Waals surface area contributed by atoms with Crippen LogP contribution in [0.2, 0.25) is 0 Å². The van der Waals surface area contributed by atoms with Crippen molar-refractivity contribution in [2.75, 3.05) is 0 Å².